The summed E-state index contributed by atoms with van der Waals surface area (Å²) in [6, 6.07) is 8.28. The van der Waals surface area contributed by atoms with Crippen LogP contribution in [0.4, 0.5) is 5.82 Å². The zero-order valence-corrected chi connectivity index (χ0v) is 13.3. The van der Waals surface area contributed by atoms with Gasteiger partial charge in [-0.2, -0.15) is 0 Å². The third kappa shape index (κ3) is 3.56. The Morgan fingerprint density at radius 2 is 1.95 bits per heavy atom. The van der Waals surface area contributed by atoms with E-state index in [2.05, 4.69) is 9.71 Å². The highest BCUT2D eigenvalue weighted by molar-refractivity contribution is 7.92. The molecule has 5 nitrogen and oxygen atoms in total. The van der Waals surface area contributed by atoms with Gasteiger partial charge in [-0.25, -0.2) is 13.4 Å². The van der Waals surface area contributed by atoms with Gasteiger partial charge in [0.15, 0.2) is 0 Å². The maximum absolute atomic E-state index is 12.5. The van der Waals surface area contributed by atoms with E-state index in [0.29, 0.717) is 11.1 Å². The van der Waals surface area contributed by atoms with Gasteiger partial charge in [-0.1, -0.05) is 24.4 Å². The van der Waals surface area contributed by atoms with E-state index in [1.54, 1.807) is 37.4 Å². The van der Waals surface area contributed by atoms with E-state index in [1.807, 2.05) is 6.92 Å². The molecule has 0 unspecified atom stereocenters. The number of sulfonamides is 1. The van der Waals surface area contributed by atoms with Gasteiger partial charge >= 0.3 is 0 Å². The average molecular weight is 321 g/mol. The van der Waals surface area contributed by atoms with E-state index in [-0.39, 0.29) is 15.7 Å². The molecule has 0 saturated heterocycles. The minimum Gasteiger partial charge on any atom is -0.389 e. The Morgan fingerprint density at radius 1 is 1.24 bits per heavy atom. The van der Waals surface area contributed by atoms with Crippen molar-refractivity contribution in [2.75, 3.05) is 4.72 Å². The first kappa shape index (κ1) is 15.4. The third-order valence-corrected chi connectivity index (χ3v) is 4.65. The van der Waals surface area contributed by atoms with Crippen molar-refractivity contribution in [3.8, 4) is 0 Å². The summed E-state index contributed by atoms with van der Waals surface area (Å²) in [6.45, 7) is 3.57. The van der Waals surface area contributed by atoms with Crippen LogP contribution in [-0.4, -0.2) is 18.4 Å². The van der Waals surface area contributed by atoms with Crippen LogP contribution in [0.5, 0.6) is 0 Å². The quantitative estimate of drug-likeness (QED) is 0.843. The summed E-state index contributed by atoms with van der Waals surface area (Å²) >= 11 is 4.88. The number of benzene rings is 1. The van der Waals surface area contributed by atoms with Crippen LogP contribution in [0.2, 0.25) is 0 Å². The monoisotopic (exact) mass is 321 g/mol. The molecule has 0 saturated carbocycles. The lowest BCUT2D eigenvalue weighted by Gasteiger charge is -2.11. The number of nitrogens with zero attached hydrogens (tertiary/aromatic N) is 1. The second kappa shape index (κ2) is 5.79. The minimum atomic E-state index is -3.74. The molecule has 0 atom stereocenters. The summed E-state index contributed by atoms with van der Waals surface area (Å²) < 4.78 is 27.4. The number of pyridine rings is 1. The van der Waals surface area contributed by atoms with Crippen LogP contribution in [-0.2, 0) is 10.0 Å². The van der Waals surface area contributed by atoms with E-state index in [0.717, 1.165) is 5.56 Å². The van der Waals surface area contributed by atoms with Crippen LogP contribution in [0.3, 0.4) is 0 Å². The molecule has 0 fully saturated rings. The van der Waals surface area contributed by atoms with Crippen molar-refractivity contribution in [2.45, 2.75) is 18.7 Å². The van der Waals surface area contributed by atoms with Gasteiger partial charge in [0.2, 0.25) is 0 Å². The number of hydrogen-bond donors (Lipinski definition) is 2. The third-order valence-electron chi connectivity index (χ3n) is 2.92. The summed E-state index contributed by atoms with van der Waals surface area (Å²) in [5.74, 6) is 0.273. The maximum atomic E-state index is 12.5. The van der Waals surface area contributed by atoms with Gasteiger partial charge in [-0.15, -0.1) is 0 Å². The molecule has 110 valence electrons. The van der Waals surface area contributed by atoms with Gasteiger partial charge in [-0.3, -0.25) is 4.72 Å². The normalized spacial score (nSPS) is 11.1. The van der Waals surface area contributed by atoms with Gasteiger partial charge in [0, 0.05) is 11.8 Å². The fraction of sp³-hybridized carbons (Fsp3) is 0.143. The zero-order chi connectivity index (χ0) is 15.6. The summed E-state index contributed by atoms with van der Waals surface area (Å²) in [7, 11) is -3.74. The molecule has 1 heterocycles. The SMILES string of the molecule is Cc1ccnc(NS(=O)(=O)c2cc(C(N)=S)ccc2C)c1. The molecule has 1 aromatic heterocycles. The maximum Gasteiger partial charge on any atom is 0.263 e. The predicted molar refractivity (Wildman–Crippen MR) is 86.8 cm³/mol. The molecule has 21 heavy (non-hydrogen) atoms. The van der Waals surface area contributed by atoms with Gasteiger partial charge in [0.1, 0.15) is 10.8 Å². The van der Waals surface area contributed by atoms with Crippen molar-refractivity contribution in [3.05, 3.63) is 53.2 Å². The van der Waals surface area contributed by atoms with Crippen LogP contribution in [0.1, 0.15) is 16.7 Å². The summed E-state index contributed by atoms with van der Waals surface area (Å²) in [6.07, 6.45) is 1.55. The van der Waals surface area contributed by atoms with Crippen LogP contribution >= 0.6 is 12.2 Å². The largest absolute Gasteiger partial charge is 0.389 e. The van der Waals surface area contributed by atoms with Crippen molar-refractivity contribution in [2.24, 2.45) is 5.73 Å². The van der Waals surface area contributed by atoms with E-state index in [9.17, 15) is 8.42 Å². The Bertz CT molecular complexity index is 802. The molecule has 0 bridgehead atoms. The first-order chi connectivity index (χ1) is 9.79. The smallest absolute Gasteiger partial charge is 0.263 e. The highest BCUT2D eigenvalue weighted by Gasteiger charge is 2.18. The van der Waals surface area contributed by atoms with E-state index in [1.165, 1.54) is 6.07 Å². The molecule has 0 aliphatic rings. The van der Waals surface area contributed by atoms with Crippen molar-refractivity contribution >= 4 is 33.0 Å². The zero-order valence-electron chi connectivity index (χ0n) is 11.6. The number of anilines is 1. The van der Waals surface area contributed by atoms with Gasteiger partial charge in [0.05, 0.1) is 4.90 Å². The fourth-order valence-electron chi connectivity index (χ4n) is 1.83. The fourth-order valence-corrected chi connectivity index (χ4v) is 3.23. The van der Waals surface area contributed by atoms with E-state index >= 15 is 0 Å². The number of nitrogens with one attached hydrogen (secondary N) is 1. The lowest BCUT2D eigenvalue weighted by Crippen LogP contribution is -2.17. The standard InChI is InChI=1S/C14H15N3O2S2/c1-9-5-6-16-13(7-9)17-21(18,19)12-8-11(14(15)20)4-3-10(12)2/h3-8H,1-2H3,(H2,15,20)(H,16,17). The van der Waals surface area contributed by atoms with E-state index in [4.69, 9.17) is 18.0 Å². The topological polar surface area (TPSA) is 85.1 Å². The molecular weight excluding hydrogens is 306 g/mol. The van der Waals surface area contributed by atoms with Crippen molar-refractivity contribution in [3.63, 3.8) is 0 Å². The van der Waals surface area contributed by atoms with Crippen LogP contribution in [0.25, 0.3) is 0 Å². The van der Waals surface area contributed by atoms with Gasteiger partial charge in [0.25, 0.3) is 10.0 Å². The van der Waals surface area contributed by atoms with Crippen LogP contribution in [0, 0.1) is 13.8 Å². The molecule has 2 aromatic rings. The molecule has 0 amide bonds. The number of rotatable bonds is 4. The molecular formula is C14H15N3O2S2. The van der Waals surface area contributed by atoms with Crippen LogP contribution < -0.4 is 10.5 Å². The second-order valence-electron chi connectivity index (χ2n) is 4.67. The molecule has 7 heteroatoms. The second-order valence-corrected chi connectivity index (χ2v) is 6.76. The summed E-state index contributed by atoms with van der Waals surface area (Å²) in [5, 5.41) is 0. The summed E-state index contributed by atoms with van der Waals surface area (Å²) in [4.78, 5) is 4.28. The molecule has 0 aliphatic heterocycles. The van der Waals surface area contributed by atoms with E-state index < -0.39 is 10.0 Å². The Hall–Kier alpha value is -1.99. The number of nitrogens with two attached hydrogens (primary N) is 1. The number of aromatic nitrogens is 1. The molecule has 2 rings (SSSR count). The molecule has 1 aromatic carbocycles. The molecule has 0 spiro atoms. The first-order valence-corrected chi connectivity index (χ1v) is 8.04. The van der Waals surface area contributed by atoms with Gasteiger partial charge in [-0.05, 0) is 43.2 Å². The molecule has 0 radical (unpaired) electrons. The number of thiocarbonyl (C=S) groups is 1. The Labute approximate surface area is 129 Å². The van der Waals surface area contributed by atoms with Crippen molar-refractivity contribution in [1.29, 1.82) is 0 Å². The minimum absolute atomic E-state index is 0.135. The van der Waals surface area contributed by atoms with Gasteiger partial charge < -0.3 is 5.73 Å². The molecule has 3 N–H and O–H groups in total. The Morgan fingerprint density at radius 3 is 2.57 bits per heavy atom. The number of hydrogen-bond acceptors (Lipinski definition) is 4. The highest BCUT2D eigenvalue weighted by atomic mass is 32.2. The van der Waals surface area contributed by atoms with Crippen molar-refractivity contribution < 1.29 is 8.42 Å². The molecule has 0 aliphatic carbocycles. The lowest BCUT2D eigenvalue weighted by molar-refractivity contribution is 0.600. The summed E-state index contributed by atoms with van der Waals surface area (Å²) in [5.41, 5.74) is 7.58. The first-order valence-electron chi connectivity index (χ1n) is 6.15. The van der Waals surface area contributed by atoms with Crippen LogP contribution in [0.15, 0.2) is 41.4 Å². The van der Waals surface area contributed by atoms with Crippen molar-refractivity contribution in [1.82, 2.24) is 4.98 Å². The lowest BCUT2D eigenvalue weighted by atomic mass is 10.1. The predicted octanol–water partition coefficient (Wildman–Crippen LogP) is 2.13. The Kier molecular flexibility index (Phi) is 4.24. The highest BCUT2D eigenvalue weighted by Crippen LogP contribution is 2.20. The average Bonchev–Trinajstić information content (AvgIpc) is 2.38. The number of aryl methyl sites for hydroxylation is 2. The Balaban J connectivity index is 2.44.